The first-order valence-corrected chi connectivity index (χ1v) is 10.0. The van der Waals surface area contributed by atoms with Crippen LogP contribution in [0.3, 0.4) is 0 Å². The van der Waals surface area contributed by atoms with Crippen LogP contribution in [-0.4, -0.2) is 40.6 Å². The van der Waals surface area contributed by atoms with Crippen LogP contribution in [0.1, 0.15) is 11.1 Å². The van der Waals surface area contributed by atoms with Gasteiger partial charge in [-0.2, -0.15) is 4.37 Å². The lowest BCUT2D eigenvalue weighted by molar-refractivity contribution is 0.390. The van der Waals surface area contributed by atoms with E-state index in [0.29, 0.717) is 0 Å². The molecule has 1 aromatic heterocycles. The smallest absolute Gasteiger partial charge is 0.173 e. The zero-order valence-corrected chi connectivity index (χ0v) is 16.7. The Balaban J connectivity index is 1.42. The second kappa shape index (κ2) is 7.21. The van der Waals surface area contributed by atoms with Crippen LogP contribution in [0.4, 0.5) is 11.5 Å². The van der Waals surface area contributed by atoms with E-state index in [1.165, 1.54) is 21.2 Å². The van der Waals surface area contributed by atoms with Crippen molar-refractivity contribution in [1.82, 2.24) is 9.27 Å². The number of piperazine rings is 1. The number of benzene rings is 2. The van der Waals surface area contributed by atoms with Crippen molar-refractivity contribution in [2.24, 2.45) is 0 Å². The van der Waals surface area contributed by atoms with E-state index in [4.69, 9.17) is 12.2 Å². The summed E-state index contributed by atoms with van der Waals surface area (Å²) < 4.78 is 5.93. The Labute approximate surface area is 163 Å². The predicted octanol–water partition coefficient (Wildman–Crippen LogP) is 4.43. The van der Waals surface area contributed by atoms with E-state index in [2.05, 4.69) is 75.8 Å². The van der Waals surface area contributed by atoms with Gasteiger partial charge in [-0.25, -0.2) is 0 Å². The number of hydrogen-bond donors (Lipinski definition) is 1. The largest absolute Gasteiger partial charge is 0.352 e. The molecule has 26 heavy (non-hydrogen) atoms. The van der Waals surface area contributed by atoms with E-state index in [9.17, 15) is 0 Å². The van der Waals surface area contributed by atoms with Crippen molar-refractivity contribution in [2.45, 2.75) is 13.8 Å². The monoisotopic (exact) mass is 382 g/mol. The molecular weight excluding hydrogens is 360 g/mol. The molecule has 3 aromatic rings. The number of hydrogen-bond acceptors (Lipinski definition) is 4. The summed E-state index contributed by atoms with van der Waals surface area (Å²) in [5.41, 5.74) is 3.63. The lowest BCUT2D eigenvalue weighted by Crippen LogP contribution is -2.50. The molecule has 0 spiro atoms. The number of fused-ring (bicyclic) bond motifs is 1. The highest BCUT2D eigenvalue weighted by Crippen LogP contribution is 2.30. The maximum Gasteiger partial charge on any atom is 0.173 e. The average molecular weight is 383 g/mol. The van der Waals surface area contributed by atoms with Gasteiger partial charge in [0.05, 0.1) is 4.70 Å². The van der Waals surface area contributed by atoms with E-state index < -0.39 is 0 Å². The summed E-state index contributed by atoms with van der Waals surface area (Å²) in [5.74, 6) is 1.11. The quantitative estimate of drug-likeness (QED) is 0.663. The maximum atomic E-state index is 5.66. The molecule has 1 aliphatic rings. The third-order valence-corrected chi connectivity index (χ3v) is 6.25. The van der Waals surface area contributed by atoms with Crippen LogP contribution in [0.2, 0.25) is 0 Å². The Kier molecular flexibility index (Phi) is 4.78. The van der Waals surface area contributed by atoms with Crippen LogP contribution in [0.5, 0.6) is 0 Å². The number of nitrogens with zero attached hydrogens (tertiary/aromatic N) is 3. The summed E-state index contributed by atoms with van der Waals surface area (Å²) >= 11 is 7.23. The van der Waals surface area contributed by atoms with Crippen LogP contribution in [0, 0.1) is 13.8 Å². The first kappa shape index (κ1) is 17.2. The number of anilines is 2. The highest BCUT2D eigenvalue weighted by molar-refractivity contribution is 7.80. The summed E-state index contributed by atoms with van der Waals surface area (Å²) in [6.45, 7) is 7.93. The molecule has 1 aliphatic heterocycles. The summed E-state index contributed by atoms with van der Waals surface area (Å²) in [4.78, 5) is 4.62. The Bertz CT molecular complexity index is 942. The molecule has 6 heteroatoms. The number of aromatic nitrogens is 1. The average Bonchev–Trinajstić information content (AvgIpc) is 3.10. The molecule has 1 N–H and O–H groups in total. The minimum absolute atomic E-state index is 0.807. The molecule has 2 heterocycles. The Morgan fingerprint density at radius 2 is 1.81 bits per heavy atom. The predicted molar refractivity (Wildman–Crippen MR) is 116 cm³/mol. The van der Waals surface area contributed by atoms with Crippen LogP contribution < -0.4 is 10.2 Å². The SMILES string of the molecule is Cc1cccc(NC(=S)N2CCN(c3nsc4ccccc34)CC2)c1C. The van der Waals surface area contributed by atoms with Gasteiger partial charge in [0, 0.05) is 37.3 Å². The van der Waals surface area contributed by atoms with Crippen molar-refractivity contribution < 1.29 is 0 Å². The molecule has 1 saturated heterocycles. The van der Waals surface area contributed by atoms with Crippen molar-refractivity contribution in [3.8, 4) is 0 Å². The molecule has 0 aliphatic carbocycles. The van der Waals surface area contributed by atoms with E-state index in [0.717, 1.165) is 42.8 Å². The van der Waals surface area contributed by atoms with Gasteiger partial charge in [-0.1, -0.05) is 24.3 Å². The van der Waals surface area contributed by atoms with Gasteiger partial charge in [0.2, 0.25) is 0 Å². The fourth-order valence-electron chi connectivity index (χ4n) is 3.30. The molecule has 1 fully saturated rings. The minimum atomic E-state index is 0.807. The van der Waals surface area contributed by atoms with Crippen LogP contribution in [0.25, 0.3) is 10.1 Å². The third kappa shape index (κ3) is 3.27. The van der Waals surface area contributed by atoms with Gasteiger partial charge in [-0.15, -0.1) is 0 Å². The third-order valence-electron chi connectivity index (χ3n) is 5.07. The topological polar surface area (TPSA) is 31.4 Å². The van der Waals surface area contributed by atoms with Crippen molar-refractivity contribution in [3.63, 3.8) is 0 Å². The fraction of sp³-hybridized carbons (Fsp3) is 0.300. The number of aryl methyl sites for hydroxylation is 1. The highest BCUT2D eigenvalue weighted by Gasteiger charge is 2.22. The second-order valence-corrected chi connectivity index (χ2v) is 7.85. The molecule has 134 valence electrons. The molecule has 4 rings (SSSR count). The van der Waals surface area contributed by atoms with E-state index in [1.54, 1.807) is 11.5 Å². The Morgan fingerprint density at radius 1 is 1.04 bits per heavy atom. The molecule has 2 aromatic carbocycles. The molecule has 0 saturated carbocycles. The zero-order valence-electron chi connectivity index (χ0n) is 15.0. The Morgan fingerprint density at radius 3 is 2.62 bits per heavy atom. The van der Waals surface area contributed by atoms with Gasteiger partial charge in [0.25, 0.3) is 0 Å². The van der Waals surface area contributed by atoms with Crippen molar-refractivity contribution >= 4 is 50.5 Å². The van der Waals surface area contributed by atoms with E-state index in [-0.39, 0.29) is 0 Å². The van der Waals surface area contributed by atoms with Crippen LogP contribution in [-0.2, 0) is 0 Å². The van der Waals surface area contributed by atoms with Gasteiger partial charge in [0.15, 0.2) is 5.11 Å². The van der Waals surface area contributed by atoms with Crippen molar-refractivity contribution in [3.05, 3.63) is 53.6 Å². The molecule has 0 amide bonds. The molecule has 4 nitrogen and oxygen atoms in total. The van der Waals surface area contributed by atoms with Gasteiger partial charge in [0.1, 0.15) is 5.82 Å². The molecule has 0 radical (unpaired) electrons. The Hall–Kier alpha value is -2.18. The van der Waals surface area contributed by atoms with E-state index in [1.807, 2.05) is 0 Å². The molecule has 0 bridgehead atoms. The molecular formula is C20H22N4S2. The highest BCUT2D eigenvalue weighted by atomic mass is 32.1. The molecule has 0 unspecified atom stereocenters. The van der Waals surface area contributed by atoms with E-state index >= 15 is 0 Å². The van der Waals surface area contributed by atoms with Crippen LogP contribution >= 0.6 is 23.8 Å². The lowest BCUT2D eigenvalue weighted by Gasteiger charge is -2.36. The molecule has 0 atom stereocenters. The van der Waals surface area contributed by atoms with Gasteiger partial charge in [-0.3, -0.25) is 0 Å². The number of rotatable bonds is 2. The van der Waals surface area contributed by atoms with Gasteiger partial charge >= 0.3 is 0 Å². The first-order valence-electron chi connectivity index (χ1n) is 8.85. The lowest BCUT2D eigenvalue weighted by atomic mass is 10.1. The summed E-state index contributed by atoms with van der Waals surface area (Å²) in [7, 11) is 0. The summed E-state index contributed by atoms with van der Waals surface area (Å²) in [6.07, 6.45) is 0. The van der Waals surface area contributed by atoms with Gasteiger partial charge in [-0.05, 0) is 66.9 Å². The summed E-state index contributed by atoms with van der Waals surface area (Å²) in [5, 5.41) is 5.48. The number of nitrogens with one attached hydrogen (secondary N) is 1. The first-order chi connectivity index (χ1) is 12.6. The maximum absolute atomic E-state index is 5.66. The fourth-order valence-corrected chi connectivity index (χ4v) is 4.39. The van der Waals surface area contributed by atoms with Crippen molar-refractivity contribution in [1.29, 1.82) is 0 Å². The minimum Gasteiger partial charge on any atom is -0.352 e. The normalized spacial score (nSPS) is 14.7. The van der Waals surface area contributed by atoms with Crippen molar-refractivity contribution in [2.75, 3.05) is 36.4 Å². The van der Waals surface area contributed by atoms with Gasteiger partial charge < -0.3 is 15.1 Å². The summed E-state index contributed by atoms with van der Waals surface area (Å²) in [6, 6.07) is 14.7. The van der Waals surface area contributed by atoms with Crippen LogP contribution in [0.15, 0.2) is 42.5 Å². The second-order valence-electron chi connectivity index (χ2n) is 6.65. The standard InChI is InChI=1S/C20H22N4S2/c1-14-6-5-8-17(15(14)2)21-20(25)24-12-10-23(11-13-24)19-16-7-3-4-9-18(16)26-22-19/h3-9H,10-13H2,1-2H3,(H,21,25). The zero-order chi connectivity index (χ0) is 18.1. The number of thiocarbonyl (C=S) groups is 1.